The van der Waals surface area contributed by atoms with E-state index in [1.807, 2.05) is 0 Å². The summed E-state index contributed by atoms with van der Waals surface area (Å²) in [7, 11) is -3.79. The fourth-order valence-electron chi connectivity index (χ4n) is 1.07. The standard InChI is InChI=1S/C9H7F2NO2S/c1-15(13,14)9-5-7(10)6(2-3-12)4-8(9)11/h4-5H,2H2,1H3. The van der Waals surface area contributed by atoms with Gasteiger partial charge in [0.25, 0.3) is 0 Å². The van der Waals surface area contributed by atoms with Crippen LogP contribution in [0.4, 0.5) is 8.78 Å². The Labute approximate surface area is 85.9 Å². The number of nitrogens with zero attached hydrogens (tertiary/aromatic N) is 1. The average molecular weight is 231 g/mol. The van der Waals surface area contributed by atoms with Crippen molar-refractivity contribution in [3.05, 3.63) is 29.3 Å². The molecular formula is C9H7F2NO2S. The molecule has 0 heterocycles. The Kier molecular flexibility index (Phi) is 3.05. The Balaban J connectivity index is 3.40. The molecule has 0 unspecified atom stereocenters. The minimum Gasteiger partial charge on any atom is -0.224 e. The number of hydrogen-bond acceptors (Lipinski definition) is 3. The smallest absolute Gasteiger partial charge is 0.178 e. The zero-order chi connectivity index (χ0) is 11.6. The second-order valence-electron chi connectivity index (χ2n) is 2.98. The van der Waals surface area contributed by atoms with Crippen LogP contribution < -0.4 is 0 Å². The summed E-state index contributed by atoms with van der Waals surface area (Å²) in [5.74, 6) is -1.93. The van der Waals surface area contributed by atoms with Crippen molar-refractivity contribution in [2.45, 2.75) is 11.3 Å². The monoisotopic (exact) mass is 231 g/mol. The highest BCUT2D eigenvalue weighted by molar-refractivity contribution is 7.90. The molecule has 0 spiro atoms. The summed E-state index contributed by atoms with van der Waals surface area (Å²) in [4.78, 5) is -0.693. The molecule has 0 radical (unpaired) electrons. The highest BCUT2D eigenvalue weighted by atomic mass is 32.2. The predicted molar refractivity (Wildman–Crippen MR) is 48.8 cm³/mol. The van der Waals surface area contributed by atoms with E-state index in [2.05, 4.69) is 0 Å². The lowest BCUT2D eigenvalue weighted by Gasteiger charge is -2.03. The lowest BCUT2D eigenvalue weighted by molar-refractivity contribution is 0.550. The van der Waals surface area contributed by atoms with Gasteiger partial charge in [0.15, 0.2) is 9.84 Å². The van der Waals surface area contributed by atoms with Crippen molar-refractivity contribution in [3.8, 4) is 6.07 Å². The second-order valence-corrected chi connectivity index (χ2v) is 4.97. The summed E-state index contributed by atoms with van der Waals surface area (Å²) >= 11 is 0. The summed E-state index contributed by atoms with van der Waals surface area (Å²) in [6.07, 6.45) is 0.488. The first-order valence-corrected chi connectivity index (χ1v) is 5.80. The molecule has 0 aliphatic carbocycles. The molecule has 0 aromatic heterocycles. The molecule has 0 saturated heterocycles. The van der Waals surface area contributed by atoms with Gasteiger partial charge in [-0.3, -0.25) is 0 Å². The van der Waals surface area contributed by atoms with Crippen molar-refractivity contribution < 1.29 is 17.2 Å². The first-order chi connectivity index (χ1) is 6.86. The van der Waals surface area contributed by atoms with Crippen LogP contribution in [0.3, 0.4) is 0 Å². The SMILES string of the molecule is CS(=O)(=O)c1cc(F)c(CC#N)cc1F. The second kappa shape index (κ2) is 3.95. The predicted octanol–water partition coefficient (Wildman–Crippen LogP) is 1.43. The largest absolute Gasteiger partial charge is 0.224 e. The summed E-state index contributed by atoms with van der Waals surface area (Å²) in [5, 5.41) is 8.31. The molecule has 15 heavy (non-hydrogen) atoms. The molecule has 1 aromatic carbocycles. The van der Waals surface area contributed by atoms with E-state index in [1.54, 1.807) is 6.07 Å². The zero-order valence-corrected chi connectivity index (χ0v) is 8.61. The molecule has 1 rings (SSSR count). The van der Waals surface area contributed by atoms with Crippen LogP contribution in [0.5, 0.6) is 0 Å². The fraction of sp³-hybridized carbons (Fsp3) is 0.222. The highest BCUT2D eigenvalue weighted by Crippen LogP contribution is 2.19. The number of rotatable bonds is 2. The van der Waals surface area contributed by atoms with Gasteiger partial charge in [-0.05, 0) is 12.1 Å². The molecule has 0 bridgehead atoms. The third-order valence-electron chi connectivity index (χ3n) is 1.77. The van der Waals surface area contributed by atoms with Gasteiger partial charge in [-0.25, -0.2) is 17.2 Å². The van der Waals surface area contributed by atoms with Crippen molar-refractivity contribution in [2.75, 3.05) is 6.26 Å². The van der Waals surface area contributed by atoms with Gasteiger partial charge in [-0.2, -0.15) is 5.26 Å². The first kappa shape index (κ1) is 11.6. The fourth-order valence-corrected chi connectivity index (χ4v) is 1.81. The van der Waals surface area contributed by atoms with Crippen molar-refractivity contribution in [3.63, 3.8) is 0 Å². The first-order valence-electron chi connectivity index (χ1n) is 3.91. The number of benzene rings is 1. The van der Waals surface area contributed by atoms with Crippen molar-refractivity contribution >= 4 is 9.84 Å². The molecule has 0 N–H and O–H groups in total. The summed E-state index contributed by atoms with van der Waals surface area (Å²) in [6, 6.07) is 2.98. The lowest BCUT2D eigenvalue weighted by Crippen LogP contribution is -2.03. The van der Waals surface area contributed by atoms with E-state index in [1.165, 1.54) is 0 Å². The van der Waals surface area contributed by atoms with Crippen LogP contribution in [0.25, 0.3) is 0 Å². The molecule has 0 fully saturated rings. The maximum atomic E-state index is 13.2. The summed E-state index contributed by atoms with van der Waals surface area (Å²) < 4.78 is 48.4. The molecule has 3 nitrogen and oxygen atoms in total. The summed E-state index contributed by atoms with van der Waals surface area (Å²) in [5.41, 5.74) is -0.151. The zero-order valence-electron chi connectivity index (χ0n) is 7.79. The molecule has 80 valence electrons. The van der Waals surface area contributed by atoms with Gasteiger partial charge in [-0.1, -0.05) is 0 Å². The number of sulfone groups is 1. The van der Waals surface area contributed by atoms with Gasteiger partial charge in [0.1, 0.15) is 16.5 Å². The van der Waals surface area contributed by atoms with E-state index in [0.29, 0.717) is 6.07 Å². The van der Waals surface area contributed by atoms with Gasteiger partial charge in [-0.15, -0.1) is 0 Å². The Morgan fingerprint density at radius 1 is 1.33 bits per heavy atom. The highest BCUT2D eigenvalue weighted by Gasteiger charge is 2.17. The summed E-state index contributed by atoms with van der Waals surface area (Å²) in [6.45, 7) is 0. The van der Waals surface area contributed by atoms with Crippen molar-refractivity contribution in [1.82, 2.24) is 0 Å². The minimum atomic E-state index is -3.79. The molecule has 0 amide bonds. The normalized spacial score (nSPS) is 11.1. The van der Waals surface area contributed by atoms with Crippen LogP contribution in [0.2, 0.25) is 0 Å². The average Bonchev–Trinajstić information content (AvgIpc) is 2.09. The van der Waals surface area contributed by atoms with Gasteiger partial charge in [0.2, 0.25) is 0 Å². The number of hydrogen-bond donors (Lipinski definition) is 0. The van der Waals surface area contributed by atoms with Gasteiger partial charge in [0, 0.05) is 11.8 Å². The van der Waals surface area contributed by atoms with Crippen molar-refractivity contribution in [2.24, 2.45) is 0 Å². The molecule has 6 heteroatoms. The van der Waals surface area contributed by atoms with E-state index in [4.69, 9.17) is 5.26 Å². The van der Waals surface area contributed by atoms with Crippen LogP contribution in [-0.4, -0.2) is 14.7 Å². The van der Waals surface area contributed by atoms with Crippen LogP contribution in [-0.2, 0) is 16.3 Å². The Morgan fingerprint density at radius 3 is 2.40 bits per heavy atom. The van der Waals surface area contributed by atoms with Crippen LogP contribution in [0.15, 0.2) is 17.0 Å². The topological polar surface area (TPSA) is 57.9 Å². The lowest BCUT2D eigenvalue weighted by atomic mass is 10.1. The van der Waals surface area contributed by atoms with Crippen molar-refractivity contribution in [1.29, 1.82) is 5.26 Å². The number of halogens is 2. The van der Waals surface area contributed by atoms with Gasteiger partial charge >= 0.3 is 0 Å². The molecule has 0 aliphatic rings. The van der Waals surface area contributed by atoms with E-state index in [9.17, 15) is 17.2 Å². The van der Waals surface area contributed by atoms with E-state index >= 15 is 0 Å². The number of nitriles is 1. The van der Waals surface area contributed by atoms with Gasteiger partial charge < -0.3 is 0 Å². The van der Waals surface area contributed by atoms with Gasteiger partial charge in [0.05, 0.1) is 12.5 Å². The van der Waals surface area contributed by atoms with E-state index in [0.717, 1.165) is 12.3 Å². The van der Waals surface area contributed by atoms with E-state index in [-0.39, 0.29) is 12.0 Å². The molecule has 1 aromatic rings. The molecule has 0 atom stereocenters. The molecule has 0 aliphatic heterocycles. The van der Waals surface area contributed by atoms with Crippen LogP contribution in [0.1, 0.15) is 5.56 Å². The molecular weight excluding hydrogens is 224 g/mol. The minimum absolute atomic E-state index is 0.151. The van der Waals surface area contributed by atoms with Crippen LogP contribution >= 0.6 is 0 Å². The Bertz CT molecular complexity index is 532. The quantitative estimate of drug-likeness (QED) is 0.773. The molecule has 0 saturated carbocycles. The Morgan fingerprint density at radius 2 is 1.93 bits per heavy atom. The maximum absolute atomic E-state index is 13.2. The third kappa shape index (κ3) is 2.50. The third-order valence-corrected chi connectivity index (χ3v) is 2.88. The Hall–Kier alpha value is -1.48. The van der Waals surface area contributed by atoms with E-state index < -0.39 is 26.4 Å². The maximum Gasteiger partial charge on any atom is 0.178 e. The van der Waals surface area contributed by atoms with Crippen LogP contribution in [0, 0.1) is 23.0 Å².